The van der Waals surface area contributed by atoms with Crippen LogP contribution in [0.1, 0.15) is 31.9 Å². The number of amides is 1. The molecular formula is C20H26N2O4S. The Bertz CT molecular complexity index is 851. The fourth-order valence-electron chi connectivity index (χ4n) is 2.92. The van der Waals surface area contributed by atoms with Crippen molar-refractivity contribution in [3.63, 3.8) is 0 Å². The molecule has 0 saturated heterocycles. The summed E-state index contributed by atoms with van der Waals surface area (Å²) in [6.45, 7) is 3.66. The minimum atomic E-state index is -3.66. The van der Waals surface area contributed by atoms with Crippen LogP contribution in [0.25, 0.3) is 0 Å². The Morgan fingerprint density at radius 2 is 1.70 bits per heavy atom. The lowest BCUT2D eigenvalue weighted by Gasteiger charge is -2.31. The van der Waals surface area contributed by atoms with Gasteiger partial charge in [-0.2, -0.15) is 0 Å². The molecular weight excluding hydrogens is 364 g/mol. The number of sulfonamides is 1. The highest BCUT2D eigenvalue weighted by Crippen LogP contribution is 2.25. The van der Waals surface area contributed by atoms with Gasteiger partial charge in [-0.05, 0) is 43.2 Å². The fraction of sp³-hybridized carbons (Fsp3) is 0.350. The standard InChI is InChI=1S/C20H26N2O4S/c1-5-19(20(23)21-15(2)16-9-7-6-8-10-16)22(27(4,24)25)17-11-13-18(26-3)14-12-17/h6-15,19H,5H2,1-4H3,(H,21,23)/t15-,19-/m1/s1. The Labute approximate surface area is 161 Å². The highest BCUT2D eigenvalue weighted by molar-refractivity contribution is 7.92. The molecule has 1 amide bonds. The number of ether oxygens (including phenoxy) is 1. The molecule has 0 aliphatic rings. The predicted octanol–water partition coefficient (Wildman–Crippen LogP) is 3.12. The molecule has 0 saturated carbocycles. The molecule has 2 rings (SSSR count). The second kappa shape index (κ2) is 8.90. The van der Waals surface area contributed by atoms with Crippen molar-refractivity contribution < 1.29 is 17.9 Å². The van der Waals surface area contributed by atoms with E-state index in [-0.39, 0.29) is 11.9 Å². The van der Waals surface area contributed by atoms with E-state index in [2.05, 4.69) is 5.32 Å². The predicted molar refractivity (Wildman–Crippen MR) is 107 cm³/mol. The van der Waals surface area contributed by atoms with Gasteiger partial charge in [0.25, 0.3) is 0 Å². The summed E-state index contributed by atoms with van der Waals surface area (Å²) in [5.74, 6) is 0.275. The lowest BCUT2D eigenvalue weighted by molar-refractivity contribution is -0.122. The minimum Gasteiger partial charge on any atom is -0.497 e. The van der Waals surface area contributed by atoms with E-state index in [9.17, 15) is 13.2 Å². The maximum Gasteiger partial charge on any atom is 0.244 e. The third-order valence-corrected chi connectivity index (χ3v) is 5.49. The summed E-state index contributed by atoms with van der Waals surface area (Å²) in [4.78, 5) is 12.9. The monoisotopic (exact) mass is 390 g/mol. The van der Waals surface area contributed by atoms with Crippen LogP contribution in [0.5, 0.6) is 5.75 Å². The van der Waals surface area contributed by atoms with Crippen LogP contribution in [0.15, 0.2) is 54.6 Å². The third-order valence-electron chi connectivity index (χ3n) is 4.31. The van der Waals surface area contributed by atoms with Gasteiger partial charge in [0.05, 0.1) is 25.1 Å². The lowest BCUT2D eigenvalue weighted by atomic mass is 10.1. The second-order valence-corrected chi connectivity index (χ2v) is 8.18. The molecule has 0 bridgehead atoms. The van der Waals surface area contributed by atoms with Crippen molar-refractivity contribution in [3.05, 3.63) is 60.2 Å². The van der Waals surface area contributed by atoms with Gasteiger partial charge in [0, 0.05) is 0 Å². The summed E-state index contributed by atoms with van der Waals surface area (Å²) >= 11 is 0. The van der Waals surface area contributed by atoms with Crippen LogP contribution < -0.4 is 14.4 Å². The first kappa shape index (κ1) is 20.8. The average Bonchev–Trinajstić information content (AvgIpc) is 2.65. The summed E-state index contributed by atoms with van der Waals surface area (Å²) in [7, 11) is -2.12. The Hall–Kier alpha value is -2.54. The molecule has 1 N–H and O–H groups in total. The molecule has 0 fully saturated rings. The number of benzene rings is 2. The number of nitrogens with one attached hydrogen (secondary N) is 1. The van der Waals surface area contributed by atoms with Crippen LogP contribution in [-0.2, 0) is 14.8 Å². The quantitative estimate of drug-likeness (QED) is 0.751. The van der Waals surface area contributed by atoms with E-state index in [1.54, 1.807) is 31.2 Å². The van der Waals surface area contributed by atoms with Crippen LogP contribution in [0.3, 0.4) is 0 Å². The van der Waals surface area contributed by atoms with Crippen molar-refractivity contribution in [3.8, 4) is 5.75 Å². The van der Waals surface area contributed by atoms with Crippen LogP contribution in [-0.4, -0.2) is 33.7 Å². The molecule has 0 unspecified atom stereocenters. The Balaban J connectivity index is 2.30. The fourth-order valence-corrected chi connectivity index (χ4v) is 4.14. The van der Waals surface area contributed by atoms with E-state index in [0.717, 1.165) is 11.8 Å². The Kier molecular flexibility index (Phi) is 6.85. The summed E-state index contributed by atoms with van der Waals surface area (Å²) in [5, 5.41) is 2.92. The van der Waals surface area contributed by atoms with Crippen molar-refractivity contribution in [1.29, 1.82) is 0 Å². The molecule has 146 valence electrons. The van der Waals surface area contributed by atoms with Gasteiger partial charge in [0.15, 0.2) is 0 Å². The number of carbonyl (C=O) groups excluding carboxylic acids is 1. The molecule has 7 heteroatoms. The molecule has 0 aliphatic carbocycles. The highest BCUT2D eigenvalue weighted by Gasteiger charge is 2.32. The molecule has 2 aromatic carbocycles. The van der Waals surface area contributed by atoms with Gasteiger partial charge in [-0.25, -0.2) is 8.42 Å². The molecule has 0 aromatic heterocycles. The first-order chi connectivity index (χ1) is 12.8. The number of methoxy groups -OCH3 is 1. The van der Waals surface area contributed by atoms with Crippen molar-refractivity contribution in [1.82, 2.24) is 5.32 Å². The first-order valence-corrected chi connectivity index (χ1v) is 10.6. The summed E-state index contributed by atoms with van der Waals surface area (Å²) in [6, 6.07) is 15.1. The summed E-state index contributed by atoms with van der Waals surface area (Å²) in [5.41, 5.74) is 1.38. The van der Waals surface area contributed by atoms with Gasteiger partial charge in [-0.3, -0.25) is 9.10 Å². The largest absolute Gasteiger partial charge is 0.497 e. The number of anilines is 1. The minimum absolute atomic E-state index is 0.231. The maximum atomic E-state index is 12.9. The molecule has 0 heterocycles. The van der Waals surface area contributed by atoms with E-state index in [1.165, 1.54) is 11.4 Å². The van der Waals surface area contributed by atoms with E-state index in [4.69, 9.17) is 4.74 Å². The van der Waals surface area contributed by atoms with Crippen LogP contribution >= 0.6 is 0 Å². The zero-order chi connectivity index (χ0) is 20.0. The van der Waals surface area contributed by atoms with Gasteiger partial charge in [0.2, 0.25) is 15.9 Å². The Morgan fingerprint density at radius 3 is 2.19 bits per heavy atom. The number of hydrogen-bond acceptors (Lipinski definition) is 4. The molecule has 0 spiro atoms. The molecule has 2 atom stereocenters. The van der Waals surface area contributed by atoms with E-state index < -0.39 is 16.1 Å². The smallest absolute Gasteiger partial charge is 0.244 e. The number of hydrogen-bond donors (Lipinski definition) is 1. The van der Waals surface area contributed by atoms with Crippen LogP contribution in [0.2, 0.25) is 0 Å². The van der Waals surface area contributed by atoms with Gasteiger partial charge in [-0.1, -0.05) is 37.3 Å². The molecule has 27 heavy (non-hydrogen) atoms. The van der Waals surface area contributed by atoms with Crippen molar-refractivity contribution in [2.24, 2.45) is 0 Å². The molecule has 2 aromatic rings. The molecule has 0 radical (unpaired) electrons. The van der Waals surface area contributed by atoms with E-state index >= 15 is 0 Å². The van der Waals surface area contributed by atoms with Gasteiger partial charge >= 0.3 is 0 Å². The number of nitrogens with zero attached hydrogens (tertiary/aromatic N) is 1. The zero-order valence-electron chi connectivity index (χ0n) is 16.0. The van der Waals surface area contributed by atoms with Crippen LogP contribution in [0.4, 0.5) is 5.69 Å². The number of carbonyl (C=O) groups is 1. The summed E-state index contributed by atoms with van der Waals surface area (Å²) < 4.78 is 31.2. The van der Waals surface area contributed by atoms with E-state index in [1.807, 2.05) is 37.3 Å². The molecule has 6 nitrogen and oxygen atoms in total. The third kappa shape index (κ3) is 5.23. The van der Waals surface area contributed by atoms with Gasteiger partial charge in [0.1, 0.15) is 11.8 Å². The Morgan fingerprint density at radius 1 is 1.11 bits per heavy atom. The van der Waals surface area contributed by atoms with Gasteiger partial charge in [-0.15, -0.1) is 0 Å². The topological polar surface area (TPSA) is 75.7 Å². The zero-order valence-corrected chi connectivity index (χ0v) is 16.9. The van der Waals surface area contributed by atoms with Crippen molar-refractivity contribution in [2.75, 3.05) is 17.7 Å². The van der Waals surface area contributed by atoms with Gasteiger partial charge < -0.3 is 10.1 Å². The SMILES string of the molecule is CC[C@H](C(=O)N[C@H](C)c1ccccc1)N(c1ccc(OC)cc1)S(C)(=O)=O. The normalized spacial score (nSPS) is 13.5. The van der Waals surface area contributed by atoms with E-state index in [0.29, 0.717) is 17.9 Å². The van der Waals surface area contributed by atoms with Crippen LogP contribution in [0, 0.1) is 0 Å². The lowest BCUT2D eigenvalue weighted by Crippen LogP contribution is -2.49. The average molecular weight is 391 g/mol. The maximum absolute atomic E-state index is 12.9. The second-order valence-electron chi connectivity index (χ2n) is 6.32. The first-order valence-electron chi connectivity index (χ1n) is 8.76. The highest BCUT2D eigenvalue weighted by atomic mass is 32.2. The van der Waals surface area contributed by atoms with Crippen molar-refractivity contribution in [2.45, 2.75) is 32.4 Å². The number of rotatable bonds is 8. The van der Waals surface area contributed by atoms with Crippen molar-refractivity contribution >= 4 is 21.6 Å². The molecule has 0 aliphatic heterocycles. The summed E-state index contributed by atoms with van der Waals surface area (Å²) in [6.07, 6.45) is 1.44.